The summed E-state index contributed by atoms with van der Waals surface area (Å²) >= 11 is 0. The van der Waals surface area contributed by atoms with E-state index in [-0.39, 0.29) is 38.1 Å². The summed E-state index contributed by atoms with van der Waals surface area (Å²) in [4.78, 5) is 12.7. The van der Waals surface area contributed by atoms with Crippen molar-refractivity contribution < 1.29 is 28.2 Å². The Bertz CT molecular complexity index is 1320. The highest BCUT2D eigenvalue weighted by molar-refractivity contribution is 7.91. The third kappa shape index (κ3) is 3.90. The van der Waals surface area contributed by atoms with Gasteiger partial charge in [0.05, 0.1) is 4.90 Å². The van der Waals surface area contributed by atoms with Gasteiger partial charge in [-0.3, -0.25) is 4.79 Å². The lowest BCUT2D eigenvalue weighted by Gasteiger charge is -2.11. The van der Waals surface area contributed by atoms with Gasteiger partial charge in [0.2, 0.25) is 15.6 Å². The zero-order valence-electron chi connectivity index (χ0n) is 15.9. The topological polar surface area (TPSA) is 125 Å². The molecule has 0 aliphatic heterocycles. The van der Waals surface area contributed by atoms with Gasteiger partial charge in [-0.2, -0.15) is 5.23 Å². The molecule has 1 atom stereocenters. The predicted octanol–water partition coefficient (Wildman–Crippen LogP) is 2.81. The second kappa shape index (κ2) is 8.25. The summed E-state index contributed by atoms with van der Waals surface area (Å²) in [5.41, 5.74) is 0.218. The van der Waals surface area contributed by atoms with Crippen LogP contribution in [0.25, 0.3) is 11.3 Å². The van der Waals surface area contributed by atoms with E-state index < -0.39 is 20.8 Å². The van der Waals surface area contributed by atoms with Crippen LogP contribution >= 0.6 is 0 Å². The Labute approximate surface area is 177 Å². The van der Waals surface area contributed by atoms with Crippen LogP contribution in [0.3, 0.4) is 0 Å². The van der Waals surface area contributed by atoms with E-state index in [1.807, 2.05) is 0 Å². The Hall–Kier alpha value is -3.63. The van der Waals surface area contributed by atoms with Crippen molar-refractivity contribution in [1.29, 1.82) is 0 Å². The Kier molecular flexibility index (Phi) is 5.49. The van der Waals surface area contributed by atoms with Crippen molar-refractivity contribution in [2.45, 2.75) is 9.79 Å². The first-order chi connectivity index (χ1) is 14.9. The smallest absolute Gasteiger partial charge is 0.216 e. The fourth-order valence-electron chi connectivity index (χ4n) is 3.07. The van der Waals surface area contributed by atoms with Gasteiger partial charge in [0.1, 0.15) is 0 Å². The van der Waals surface area contributed by atoms with E-state index in [4.69, 9.17) is 9.73 Å². The highest BCUT2D eigenvalue weighted by atomic mass is 32.2. The minimum absolute atomic E-state index is 0.0243. The van der Waals surface area contributed by atoms with Crippen molar-refractivity contribution in [3.05, 3.63) is 101 Å². The minimum atomic E-state index is -4.18. The summed E-state index contributed by atoms with van der Waals surface area (Å²) in [6.45, 7) is 0. The molecular weight excluding hydrogens is 420 g/mol. The lowest BCUT2D eigenvalue weighted by atomic mass is 10.1. The number of sulfone groups is 1. The molecule has 0 saturated carbocycles. The number of nitrogens with zero attached hydrogens (tertiary/aromatic N) is 1. The summed E-state index contributed by atoms with van der Waals surface area (Å²) in [6.07, 6.45) is 0. The van der Waals surface area contributed by atoms with E-state index in [2.05, 4.69) is 5.16 Å². The van der Waals surface area contributed by atoms with Gasteiger partial charge in [0, 0.05) is 23.3 Å². The zero-order chi connectivity index (χ0) is 22.0. The molecule has 0 radical (unpaired) electrons. The number of rotatable bonds is 6. The molecule has 0 aliphatic carbocycles. The number of hydrogen-bond donors (Lipinski definition) is 2. The number of benzene rings is 3. The molecule has 4 aromatic rings. The molecule has 9 heteroatoms. The highest BCUT2D eigenvalue weighted by Gasteiger charge is 2.34. The summed E-state index contributed by atoms with van der Waals surface area (Å²) in [5.74, 6) is -0.743. The maximum atomic E-state index is 13.5. The van der Waals surface area contributed by atoms with Crippen LogP contribution in [0.1, 0.15) is 16.1 Å². The van der Waals surface area contributed by atoms with Gasteiger partial charge in [-0.15, -0.1) is 0 Å². The number of hydrogen-bond acceptors (Lipinski definition) is 7. The molecular formula is C22H16N2O6S. The number of nitrogens with one attached hydrogen (secondary N) is 1. The maximum Gasteiger partial charge on any atom is 0.216 e. The molecule has 0 fully saturated rings. The first-order valence-electron chi connectivity index (χ1n) is 9.13. The Morgan fingerprint density at radius 3 is 2.06 bits per heavy atom. The predicted molar refractivity (Wildman–Crippen MR) is 109 cm³/mol. The maximum absolute atomic E-state index is 13.5. The van der Waals surface area contributed by atoms with Gasteiger partial charge in [-0.1, -0.05) is 53.7 Å². The minimum Gasteiger partial charge on any atom is -0.595 e. The van der Waals surface area contributed by atoms with Crippen LogP contribution in [-0.2, 0) is 9.84 Å². The van der Waals surface area contributed by atoms with Crippen LogP contribution in [0, 0.1) is 5.21 Å². The lowest BCUT2D eigenvalue weighted by Crippen LogP contribution is -2.99. The quantitative estimate of drug-likeness (QED) is 0.352. The normalized spacial score (nSPS) is 12.5. The number of quaternary nitrogens is 1. The van der Waals surface area contributed by atoms with E-state index in [0.717, 1.165) is 0 Å². The molecule has 1 aromatic heterocycles. The van der Waals surface area contributed by atoms with Crippen molar-refractivity contribution in [2.75, 3.05) is 0 Å². The largest absolute Gasteiger partial charge is 0.595 e. The van der Waals surface area contributed by atoms with Gasteiger partial charge in [-0.05, 0) is 24.3 Å². The fraction of sp³-hybridized carbons (Fsp3) is 0. The van der Waals surface area contributed by atoms with Crippen molar-refractivity contribution in [1.82, 2.24) is 5.16 Å². The van der Waals surface area contributed by atoms with Crippen molar-refractivity contribution >= 4 is 21.3 Å². The third-order valence-electron chi connectivity index (χ3n) is 4.62. The monoisotopic (exact) mass is 436 g/mol. The Balaban J connectivity index is 1.93. The number of ketones is 1. The molecule has 0 bridgehead atoms. The molecule has 31 heavy (non-hydrogen) atoms. The molecule has 2 N–H and O–H groups in total. The van der Waals surface area contributed by atoms with Gasteiger partial charge < -0.3 is 9.73 Å². The first kappa shape index (κ1) is 20.6. The molecule has 1 unspecified atom stereocenters. The van der Waals surface area contributed by atoms with Gasteiger partial charge in [0.25, 0.3) is 0 Å². The van der Waals surface area contributed by atoms with Crippen molar-refractivity contribution in [2.24, 2.45) is 0 Å². The van der Waals surface area contributed by atoms with Crippen LogP contribution in [0.5, 0.6) is 0 Å². The molecule has 0 saturated heterocycles. The average Bonchev–Trinajstić information content (AvgIpc) is 3.26. The summed E-state index contributed by atoms with van der Waals surface area (Å²) < 4.78 is 32.3. The van der Waals surface area contributed by atoms with Crippen molar-refractivity contribution in [3.8, 4) is 11.3 Å². The number of aromatic nitrogens is 1. The molecule has 8 nitrogen and oxygen atoms in total. The summed E-state index contributed by atoms with van der Waals surface area (Å²) in [7, 11) is -4.18. The lowest BCUT2D eigenvalue weighted by molar-refractivity contribution is -0.991. The van der Waals surface area contributed by atoms with Gasteiger partial charge in [-0.25, -0.2) is 13.6 Å². The van der Waals surface area contributed by atoms with Crippen LogP contribution in [0.2, 0.25) is 0 Å². The van der Waals surface area contributed by atoms with Crippen LogP contribution < -0.4 is 5.23 Å². The molecule has 1 heterocycles. The molecule has 4 rings (SSSR count). The van der Waals surface area contributed by atoms with E-state index in [9.17, 15) is 18.4 Å². The van der Waals surface area contributed by atoms with E-state index in [1.54, 1.807) is 48.5 Å². The number of carbonyl (C=O) groups is 1. The second-order valence-corrected chi connectivity index (χ2v) is 8.47. The third-order valence-corrected chi connectivity index (χ3v) is 6.43. The van der Waals surface area contributed by atoms with Crippen LogP contribution in [0.4, 0.5) is 5.69 Å². The zero-order valence-corrected chi connectivity index (χ0v) is 16.7. The van der Waals surface area contributed by atoms with Crippen LogP contribution in [0.15, 0.2) is 99.2 Å². The average molecular weight is 436 g/mol. The SMILES string of the molecule is O=C(c1ccccc1)c1noc(-c2ccc([NH+]([O-])O)cc2)c1S(=O)(=O)c1ccccc1. The molecule has 156 valence electrons. The highest BCUT2D eigenvalue weighted by Crippen LogP contribution is 2.35. The van der Waals surface area contributed by atoms with E-state index >= 15 is 0 Å². The molecule has 0 spiro atoms. The van der Waals surface area contributed by atoms with E-state index in [1.165, 1.54) is 36.4 Å². The Morgan fingerprint density at radius 1 is 0.903 bits per heavy atom. The Morgan fingerprint density at radius 2 is 1.48 bits per heavy atom. The van der Waals surface area contributed by atoms with Crippen LogP contribution in [-0.4, -0.2) is 24.6 Å². The molecule has 0 aliphatic rings. The first-order valence-corrected chi connectivity index (χ1v) is 10.6. The fourth-order valence-corrected chi connectivity index (χ4v) is 4.60. The van der Waals surface area contributed by atoms with Crippen molar-refractivity contribution in [3.63, 3.8) is 0 Å². The molecule has 3 aromatic carbocycles. The number of carbonyl (C=O) groups excluding carboxylic acids is 1. The van der Waals surface area contributed by atoms with E-state index in [0.29, 0.717) is 0 Å². The van der Waals surface area contributed by atoms with Gasteiger partial charge >= 0.3 is 0 Å². The molecule has 0 amide bonds. The summed E-state index contributed by atoms with van der Waals surface area (Å²) in [5, 5.41) is 22.9. The van der Waals surface area contributed by atoms with Gasteiger partial charge in [0.15, 0.2) is 22.0 Å². The summed E-state index contributed by atoms with van der Waals surface area (Å²) in [6, 6.07) is 21.2. The second-order valence-electron chi connectivity index (χ2n) is 6.58. The standard InChI is InChI=1S/C22H16N2O6S/c25-20(15-7-3-1-4-8-15)19-22(31(28,29)18-9-5-2-6-10-18)21(30-23-19)16-11-13-17(14-12-16)24(26)27/h1-14,24,26H.